The monoisotopic (exact) mass is 361 g/mol. The second-order valence-electron chi connectivity index (χ2n) is 6.14. The second kappa shape index (κ2) is 8.11. The predicted octanol–water partition coefficient (Wildman–Crippen LogP) is 4.92. The van der Waals surface area contributed by atoms with Crippen LogP contribution in [0.1, 0.15) is 38.5 Å². The Balaban J connectivity index is 1.87. The molecule has 1 aliphatic carbocycles. The number of halogens is 1. The van der Waals surface area contributed by atoms with Gasteiger partial charge in [-0.05, 0) is 31.0 Å². The Kier molecular flexibility index (Phi) is 5.65. The Morgan fingerprint density at radius 3 is 2.52 bits per heavy atom. The molecule has 25 heavy (non-hydrogen) atoms. The van der Waals surface area contributed by atoms with Gasteiger partial charge in [-0.2, -0.15) is 0 Å². The minimum absolute atomic E-state index is 0.147. The molecule has 0 aliphatic heterocycles. The first-order chi connectivity index (χ1) is 12.1. The number of aromatic nitrogens is 2. The molecule has 0 bridgehead atoms. The Morgan fingerprint density at radius 1 is 1.12 bits per heavy atom. The fraction of sp³-hybridized carbons (Fsp3) is 0.412. The normalized spacial score (nSPS) is 15.4. The van der Waals surface area contributed by atoms with Gasteiger partial charge >= 0.3 is 5.69 Å². The third-order valence-corrected chi connectivity index (χ3v) is 4.52. The van der Waals surface area contributed by atoms with Gasteiger partial charge in [0.05, 0.1) is 4.92 Å². The van der Waals surface area contributed by atoms with Gasteiger partial charge in [-0.15, -0.1) is 0 Å². The van der Waals surface area contributed by atoms with Crippen molar-refractivity contribution in [1.29, 1.82) is 0 Å². The van der Waals surface area contributed by atoms with Gasteiger partial charge in [-0.1, -0.05) is 43.4 Å². The van der Waals surface area contributed by atoms with E-state index in [1.54, 1.807) is 24.3 Å². The summed E-state index contributed by atoms with van der Waals surface area (Å²) in [7, 11) is 0. The summed E-state index contributed by atoms with van der Waals surface area (Å²) in [5, 5.41) is 18.4. The van der Waals surface area contributed by atoms with Gasteiger partial charge in [0, 0.05) is 16.8 Å². The summed E-state index contributed by atoms with van der Waals surface area (Å²) in [4.78, 5) is 19.3. The number of anilines is 3. The van der Waals surface area contributed by atoms with Crippen LogP contribution in [0.2, 0.25) is 5.02 Å². The third kappa shape index (κ3) is 4.57. The lowest BCUT2D eigenvalue weighted by Gasteiger charge is -2.17. The molecule has 0 amide bonds. The van der Waals surface area contributed by atoms with Gasteiger partial charge in [0.15, 0.2) is 0 Å². The molecule has 0 spiro atoms. The molecule has 1 aromatic heterocycles. The van der Waals surface area contributed by atoms with Crippen molar-refractivity contribution in [1.82, 2.24) is 9.97 Å². The largest absolute Gasteiger partial charge is 0.361 e. The summed E-state index contributed by atoms with van der Waals surface area (Å²) in [5.74, 6) is 0.412. The van der Waals surface area contributed by atoms with Crippen LogP contribution in [-0.4, -0.2) is 20.9 Å². The molecule has 1 saturated carbocycles. The van der Waals surface area contributed by atoms with Crippen LogP contribution < -0.4 is 10.6 Å². The quantitative estimate of drug-likeness (QED) is 0.446. The molecule has 132 valence electrons. The molecule has 3 rings (SSSR count). The van der Waals surface area contributed by atoms with Crippen LogP contribution in [0.4, 0.5) is 23.0 Å². The molecular weight excluding hydrogens is 342 g/mol. The zero-order chi connectivity index (χ0) is 17.6. The first-order valence-electron chi connectivity index (χ1n) is 8.42. The number of nitrogens with one attached hydrogen (secondary N) is 2. The van der Waals surface area contributed by atoms with Crippen LogP contribution in [0, 0.1) is 10.1 Å². The SMILES string of the molecule is O=[N+]([O-])c1c(Nc2cccc(Cl)c2)ncnc1NC1CCCCCC1. The van der Waals surface area contributed by atoms with Gasteiger partial charge in [-0.3, -0.25) is 10.1 Å². The summed E-state index contributed by atoms with van der Waals surface area (Å²) in [6.45, 7) is 0. The van der Waals surface area contributed by atoms with Gasteiger partial charge in [0.25, 0.3) is 0 Å². The van der Waals surface area contributed by atoms with Crippen molar-refractivity contribution < 1.29 is 4.92 Å². The second-order valence-corrected chi connectivity index (χ2v) is 6.58. The summed E-state index contributed by atoms with van der Waals surface area (Å²) in [6.07, 6.45) is 8.01. The highest BCUT2D eigenvalue weighted by molar-refractivity contribution is 6.30. The molecule has 0 radical (unpaired) electrons. The van der Waals surface area contributed by atoms with E-state index in [2.05, 4.69) is 20.6 Å². The van der Waals surface area contributed by atoms with E-state index in [0.717, 1.165) is 25.7 Å². The zero-order valence-electron chi connectivity index (χ0n) is 13.7. The highest BCUT2D eigenvalue weighted by Crippen LogP contribution is 2.33. The maximum Gasteiger partial charge on any atom is 0.353 e. The summed E-state index contributed by atoms with van der Waals surface area (Å²) in [5.41, 5.74) is 0.487. The van der Waals surface area contributed by atoms with Crippen LogP contribution in [0.5, 0.6) is 0 Å². The van der Waals surface area contributed by atoms with E-state index in [1.165, 1.54) is 19.2 Å². The minimum Gasteiger partial charge on any atom is -0.361 e. The van der Waals surface area contributed by atoms with E-state index in [0.29, 0.717) is 10.7 Å². The summed E-state index contributed by atoms with van der Waals surface area (Å²) < 4.78 is 0. The fourth-order valence-corrected chi connectivity index (χ4v) is 3.26. The molecule has 2 N–H and O–H groups in total. The number of nitrogens with zero attached hydrogens (tertiary/aromatic N) is 3. The van der Waals surface area contributed by atoms with E-state index in [4.69, 9.17) is 11.6 Å². The Morgan fingerprint density at radius 2 is 1.84 bits per heavy atom. The number of hydrogen-bond donors (Lipinski definition) is 2. The smallest absolute Gasteiger partial charge is 0.353 e. The van der Waals surface area contributed by atoms with Gasteiger partial charge in [0.2, 0.25) is 11.6 Å². The fourth-order valence-electron chi connectivity index (χ4n) is 3.07. The van der Waals surface area contributed by atoms with E-state index < -0.39 is 4.92 Å². The van der Waals surface area contributed by atoms with Crippen molar-refractivity contribution in [3.8, 4) is 0 Å². The van der Waals surface area contributed by atoms with Crippen LogP contribution in [0.15, 0.2) is 30.6 Å². The highest BCUT2D eigenvalue weighted by atomic mass is 35.5. The minimum atomic E-state index is -0.452. The standard InChI is InChI=1S/C17H20ClN5O2/c18-12-6-5-9-14(10-12)22-17-15(23(24)25)16(19-11-20-17)21-13-7-3-1-2-4-8-13/h5-6,9-11,13H,1-4,7-8H2,(H2,19,20,21,22). The van der Waals surface area contributed by atoms with Crippen LogP contribution in [-0.2, 0) is 0 Å². The van der Waals surface area contributed by atoms with E-state index in [-0.39, 0.29) is 23.4 Å². The molecule has 1 fully saturated rings. The highest BCUT2D eigenvalue weighted by Gasteiger charge is 2.25. The molecule has 0 unspecified atom stereocenters. The zero-order valence-corrected chi connectivity index (χ0v) is 14.5. The number of hydrogen-bond acceptors (Lipinski definition) is 6. The Bertz CT molecular complexity index is 748. The average molecular weight is 362 g/mol. The van der Waals surface area contributed by atoms with Crippen LogP contribution >= 0.6 is 11.6 Å². The maximum atomic E-state index is 11.6. The number of rotatable bonds is 5. The molecular formula is C17H20ClN5O2. The summed E-state index contributed by atoms with van der Waals surface area (Å²) >= 11 is 5.97. The lowest BCUT2D eigenvalue weighted by atomic mass is 10.1. The molecule has 2 aromatic rings. The Labute approximate surface area is 151 Å². The van der Waals surface area contributed by atoms with Crippen LogP contribution in [0.3, 0.4) is 0 Å². The predicted molar refractivity (Wildman–Crippen MR) is 98.5 cm³/mol. The molecule has 7 nitrogen and oxygen atoms in total. The van der Waals surface area contributed by atoms with E-state index in [9.17, 15) is 10.1 Å². The van der Waals surface area contributed by atoms with Crippen molar-refractivity contribution in [2.45, 2.75) is 44.6 Å². The Hall–Kier alpha value is -2.41. The lowest BCUT2D eigenvalue weighted by Crippen LogP contribution is -2.20. The maximum absolute atomic E-state index is 11.6. The van der Waals surface area contributed by atoms with Gasteiger partial charge < -0.3 is 10.6 Å². The van der Waals surface area contributed by atoms with Gasteiger partial charge in [-0.25, -0.2) is 9.97 Å². The van der Waals surface area contributed by atoms with Crippen molar-refractivity contribution in [2.24, 2.45) is 0 Å². The van der Waals surface area contributed by atoms with Crippen molar-refractivity contribution in [3.63, 3.8) is 0 Å². The first-order valence-corrected chi connectivity index (χ1v) is 8.80. The van der Waals surface area contributed by atoms with E-state index >= 15 is 0 Å². The average Bonchev–Trinajstić information content (AvgIpc) is 2.83. The molecule has 1 aliphatic rings. The van der Waals surface area contributed by atoms with Crippen molar-refractivity contribution >= 4 is 34.6 Å². The van der Waals surface area contributed by atoms with Gasteiger partial charge in [0.1, 0.15) is 6.33 Å². The van der Waals surface area contributed by atoms with Crippen LogP contribution in [0.25, 0.3) is 0 Å². The molecule has 1 heterocycles. The lowest BCUT2D eigenvalue weighted by molar-refractivity contribution is -0.383. The molecule has 0 saturated heterocycles. The van der Waals surface area contributed by atoms with E-state index in [1.807, 2.05) is 0 Å². The molecule has 1 aromatic carbocycles. The summed E-state index contributed by atoms with van der Waals surface area (Å²) in [6, 6.07) is 7.17. The van der Waals surface area contributed by atoms with Crippen molar-refractivity contribution in [3.05, 3.63) is 45.7 Å². The third-order valence-electron chi connectivity index (χ3n) is 4.29. The first kappa shape index (κ1) is 17.4. The van der Waals surface area contributed by atoms with Crippen molar-refractivity contribution in [2.75, 3.05) is 10.6 Å². The number of nitro groups is 1. The topological polar surface area (TPSA) is 93.0 Å². The number of benzene rings is 1. The molecule has 0 atom stereocenters. The molecule has 8 heteroatoms.